The van der Waals surface area contributed by atoms with Crippen molar-refractivity contribution in [2.24, 2.45) is 11.3 Å². The Bertz CT molecular complexity index is 338. The summed E-state index contributed by atoms with van der Waals surface area (Å²) in [7, 11) is 1.88. The van der Waals surface area contributed by atoms with Gasteiger partial charge in [0.05, 0.1) is 0 Å². The summed E-state index contributed by atoms with van der Waals surface area (Å²) >= 11 is 0. The Morgan fingerprint density at radius 3 is 2.21 bits per heavy atom. The number of nitrogens with one attached hydrogen (secondary N) is 1. The number of rotatable bonds is 4. The largest absolute Gasteiger partial charge is 0.480 e. The van der Waals surface area contributed by atoms with E-state index in [0.717, 1.165) is 19.4 Å². The van der Waals surface area contributed by atoms with E-state index in [4.69, 9.17) is 4.74 Å². The van der Waals surface area contributed by atoms with Crippen molar-refractivity contribution in [3.05, 3.63) is 0 Å². The van der Waals surface area contributed by atoms with Crippen molar-refractivity contribution in [2.45, 2.75) is 52.1 Å². The molecule has 0 amide bonds. The molecule has 0 aromatic heterocycles. The average Bonchev–Trinajstić information content (AvgIpc) is 2.27. The third-order valence-corrected chi connectivity index (χ3v) is 3.65. The highest BCUT2D eigenvalue weighted by Gasteiger charge is 2.50. The van der Waals surface area contributed by atoms with Crippen molar-refractivity contribution in [3.63, 3.8) is 0 Å². The quantitative estimate of drug-likeness (QED) is 0.602. The van der Waals surface area contributed by atoms with Gasteiger partial charge >= 0.3 is 11.9 Å². The first-order valence-electron chi connectivity index (χ1n) is 6.83. The molecule has 1 aliphatic rings. The minimum absolute atomic E-state index is 0.365. The fourth-order valence-electron chi connectivity index (χ4n) is 2.54. The molecule has 2 N–H and O–H groups in total. The second-order valence-electron chi connectivity index (χ2n) is 6.39. The number of esters is 1. The van der Waals surface area contributed by atoms with Crippen molar-refractivity contribution in [2.75, 3.05) is 13.6 Å². The summed E-state index contributed by atoms with van der Waals surface area (Å²) in [5.41, 5.74) is -2.00. The molecule has 1 saturated carbocycles. The van der Waals surface area contributed by atoms with E-state index in [0.29, 0.717) is 18.8 Å². The van der Waals surface area contributed by atoms with Crippen molar-refractivity contribution >= 4 is 11.9 Å². The van der Waals surface area contributed by atoms with Crippen LogP contribution in [-0.4, -0.2) is 36.2 Å². The summed E-state index contributed by atoms with van der Waals surface area (Å²) in [6, 6.07) is 0. The molecule has 0 aliphatic heterocycles. The summed E-state index contributed by atoms with van der Waals surface area (Å²) in [6.45, 7) is 6.14. The monoisotopic (exact) mass is 271 g/mol. The second kappa shape index (κ2) is 5.90. The Hall–Kier alpha value is -1.10. The first-order valence-corrected chi connectivity index (χ1v) is 6.83. The average molecular weight is 271 g/mol. The van der Waals surface area contributed by atoms with Crippen LogP contribution in [-0.2, 0) is 14.3 Å². The summed E-state index contributed by atoms with van der Waals surface area (Å²) in [5, 5.41) is 12.6. The zero-order valence-corrected chi connectivity index (χ0v) is 12.3. The molecule has 1 fully saturated rings. The third kappa shape index (κ3) is 3.93. The maximum absolute atomic E-state index is 12.2. The Morgan fingerprint density at radius 1 is 1.32 bits per heavy atom. The number of carbonyl (C=O) groups excluding carboxylic acids is 1. The van der Waals surface area contributed by atoms with Crippen molar-refractivity contribution in [3.8, 4) is 0 Å². The molecular formula is C14H25NO4. The fourth-order valence-corrected chi connectivity index (χ4v) is 2.54. The molecule has 0 aromatic carbocycles. The predicted octanol–water partition coefficient (Wildman–Crippen LogP) is 1.81. The van der Waals surface area contributed by atoms with Crippen LogP contribution in [0.25, 0.3) is 0 Å². The van der Waals surface area contributed by atoms with Gasteiger partial charge in [-0.1, -0.05) is 0 Å². The SMILES string of the molecule is CNCC1CCC(C(=O)O)(C(=O)OC(C)(C)C)CC1. The van der Waals surface area contributed by atoms with Crippen LogP contribution in [0, 0.1) is 11.3 Å². The van der Waals surface area contributed by atoms with Crippen LogP contribution in [0.2, 0.25) is 0 Å². The Balaban J connectivity index is 2.78. The van der Waals surface area contributed by atoms with Crippen molar-refractivity contribution in [1.29, 1.82) is 0 Å². The van der Waals surface area contributed by atoms with E-state index in [-0.39, 0.29) is 0 Å². The van der Waals surface area contributed by atoms with Crippen LogP contribution < -0.4 is 5.32 Å². The zero-order chi connectivity index (χ0) is 14.7. The van der Waals surface area contributed by atoms with Crippen LogP contribution in [0.4, 0.5) is 0 Å². The number of hydrogen-bond donors (Lipinski definition) is 2. The summed E-state index contributed by atoms with van der Waals surface area (Å²) in [6.07, 6.45) is 2.21. The van der Waals surface area contributed by atoms with Gasteiger partial charge < -0.3 is 15.2 Å². The summed E-state index contributed by atoms with van der Waals surface area (Å²) < 4.78 is 5.30. The molecule has 0 unspecified atom stereocenters. The van der Waals surface area contributed by atoms with Crippen LogP contribution in [0.3, 0.4) is 0 Å². The van der Waals surface area contributed by atoms with Crippen LogP contribution in [0.15, 0.2) is 0 Å². The lowest BCUT2D eigenvalue weighted by atomic mass is 9.70. The molecule has 0 aromatic rings. The standard InChI is InChI=1S/C14H25NO4/c1-13(2,3)19-12(18)14(11(16)17)7-5-10(6-8-14)9-15-4/h10,15H,5-9H2,1-4H3,(H,16,17). The van der Waals surface area contributed by atoms with Gasteiger partial charge in [0, 0.05) is 0 Å². The summed E-state index contributed by atoms with van der Waals surface area (Å²) in [5.74, 6) is -1.19. The maximum Gasteiger partial charge on any atom is 0.323 e. The molecule has 0 radical (unpaired) electrons. The minimum atomic E-state index is -1.35. The number of carbonyl (C=O) groups is 2. The van der Waals surface area contributed by atoms with Gasteiger partial charge in [-0.3, -0.25) is 9.59 Å². The van der Waals surface area contributed by atoms with Gasteiger partial charge in [-0.2, -0.15) is 0 Å². The van der Waals surface area contributed by atoms with Crippen molar-refractivity contribution < 1.29 is 19.4 Å². The number of carboxylic acids is 1. The molecule has 110 valence electrons. The smallest absolute Gasteiger partial charge is 0.323 e. The van der Waals surface area contributed by atoms with Gasteiger partial charge in [0.25, 0.3) is 0 Å². The van der Waals surface area contributed by atoms with Crippen LogP contribution in [0.1, 0.15) is 46.5 Å². The van der Waals surface area contributed by atoms with E-state index in [1.54, 1.807) is 20.8 Å². The molecule has 0 saturated heterocycles. The molecule has 0 atom stereocenters. The maximum atomic E-state index is 12.2. The first kappa shape index (κ1) is 16.0. The molecule has 1 rings (SSSR count). The van der Waals surface area contributed by atoms with E-state index in [9.17, 15) is 14.7 Å². The molecule has 5 nitrogen and oxygen atoms in total. The molecule has 0 spiro atoms. The van der Waals surface area contributed by atoms with E-state index in [2.05, 4.69) is 5.32 Å². The highest BCUT2D eigenvalue weighted by atomic mass is 16.6. The van der Waals surface area contributed by atoms with Gasteiger partial charge in [0.2, 0.25) is 0 Å². The molecule has 0 heterocycles. The number of aliphatic carboxylic acids is 1. The van der Waals surface area contributed by atoms with E-state index in [1.165, 1.54) is 0 Å². The normalized spacial score (nSPS) is 27.9. The highest BCUT2D eigenvalue weighted by Crippen LogP contribution is 2.41. The lowest BCUT2D eigenvalue weighted by Gasteiger charge is -2.36. The van der Waals surface area contributed by atoms with Gasteiger partial charge in [0.1, 0.15) is 5.60 Å². The predicted molar refractivity (Wildman–Crippen MR) is 71.8 cm³/mol. The number of ether oxygens (including phenoxy) is 1. The zero-order valence-electron chi connectivity index (χ0n) is 12.3. The number of hydrogen-bond acceptors (Lipinski definition) is 4. The Kier molecular flexibility index (Phi) is 4.96. The fraction of sp³-hybridized carbons (Fsp3) is 0.857. The molecule has 0 bridgehead atoms. The van der Waals surface area contributed by atoms with Gasteiger partial charge in [-0.05, 0) is 66.0 Å². The second-order valence-corrected chi connectivity index (χ2v) is 6.39. The number of carboxylic acid groups (broad SMARTS) is 1. The Labute approximate surface area is 114 Å². The van der Waals surface area contributed by atoms with E-state index < -0.39 is 23.0 Å². The topological polar surface area (TPSA) is 75.6 Å². The highest BCUT2D eigenvalue weighted by molar-refractivity contribution is 5.99. The molecular weight excluding hydrogens is 246 g/mol. The van der Waals surface area contributed by atoms with Crippen LogP contribution in [0.5, 0.6) is 0 Å². The summed E-state index contributed by atoms with van der Waals surface area (Å²) in [4.78, 5) is 23.8. The minimum Gasteiger partial charge on any atom is -0.480 e. The lowest BCUT2D eigenvalue weighted by Crippen LogP contribution is -2.46. The lowest BCUT2D eigenvalue weighted by molar-refractivity contribution is -0.180. The molecule has 19 heavy (non-hydrogen) atoms. The molecule has 1 aliphatic carbocycles. The van der Waals surface area contributed by atoms with Gasteiger partial charge in [-0.15, -0.1) is 0 Å². The van der Waals surface area contributed by atoms with Crippen molar-refractivity contribution in [1.82, 2.24) is 5.32 Å². The van der Waals surface area contributed by atoms with Gasteiger partial charge in [-0.25, -0.2) is 0 Å². The Morgan fingerprint density at radius 2 is 1.84 bits per heavy atom. The third-order valence-electron chi connectivity index (χ3n) is 3.65. The first-order chi connectivity index (χ1) is 8.71. The van der Waals surface area contributed by atoms with Gasteiger partial charge in [0.15, 0.2) is 5.41 Å². The van der Waals surface area contributed by atoms with E-state index in [1.807, 2.05) is 7.05 Å². The van der Waals surface area contributed by atoms with Crippen LogP contribution >= 0.6 is 0 Å². The van der Waals surface area contributed by atoms with E-state index >= 15 is 0 Å². The molecule has 5 heteroatoms.